The molecule has 2 saturated carbocycles. The van der Waals surface area contributed by atoms with E-state index in [2.05, 4.69) is 72.8 Å². The van der Waals surface area contributed by atoms with E-state index in [1.807, 2.05) is 0 Å². The Balaban J connectivity index is 1.54. The minimum Gasteiger partial charge on any atom is -0.0851 e. The Kier molecular flexibility index (Phi) is 6.19. The molecule has 0 amide bonds. The van der Waals surface area contributed by atoms with Crippen LogP contribution >= 0.6 is 0 Å². The molecule has 4 rings (SSSR count). The van der Waals surface area contributed by atoms with E-state index in [4.69, 9.17) is 0 Å². The first kappa shape index (κ1) is 22.4. The number of allylic oxidation sites excluding steroid dienone is 6. The van der Waals surface area contributed by atoms with E-state index >= 15 is 0 Å². The smallest absolute Gasteiger partial charge is 0.00443 e. The summed E-state index contributed by atoms with van der Waals surface area (Å²) in [5, 5.41) is 0. The molecule has 0 N–H and O–H groups in total. The quantitative estimate of drug-likeness (QED) is 0.398. The standard InChI is InChI=1S/C30H48/c1-8-23(20(2)3)10-9-22(5)26-13-14-27-25-12-11-24-19-21(4)15-17-29(24,6)28(25)16-18-30(26,27)7/h9-11,19-20,22-23,25-28H,8,12-18H2,1-7H3/b10-9+/t22?,23-,25?,26-,27?,28?,29+,30-/m1/s1. The van der Waals surface area contributed by atoms with Gasteiger partial charge in [-0.1, -0.05) is 71.4 Å². The number of rotatable bonds is 5. The lowest BCUT2D eigenvalue weighted by Crippen LogP contribution is -2.49. The fraction of sp³-hybridized carbons (Fsp3) is 0.800. The molecule has 0 radical (unpaired) electrons. The molecule has 0 aliphatic heterocycles. The number of fused-ring (bicyclic) bond motifs is 5. The van der Waals surface area contributed by atoms with Gasteiger partial charge in [0.25, 0.3) is 0 Å². The van der Waals surface area contributed by atoms with Crippen LogP contribution in [-0.2, 0) is 0 Å². The van der Waals surface area contributed by atoms with Crippen LogP contribution in [0.15, 0.2) is 35.5 Å². The Morgan fingerprint density at radius 1 is 1.03 bits per heavy atom. The van der Waals surface area contributed by atoms with Crippen LogP contribution in [0.5, 0.6) is 0 Å². The van der Waals surface area contributed by atoms with Gasteiger partial charge >= 0.3 is 0 Å². The molecule has 8 atom stereocenters. The minimum atomic E-state index is 0.457. The van der Waals surface area contributed by atoms with Crippen LogP contribution in [-0.4, -0.2) is 0 Å². The maximum atomic E-state index is 2.70. The summed E-state index contributed by atoms with van der Waals surface area (Å²) in [6.45, 7) is 17.3. The van der Waals surface area contributed by atoms with Gasteiger partial charge in [0, 0.05) is 0 Å². The van der Waals surface area contributed by atoms with Crippen LogP contribution in [0.1, 0.15) is 99.8 Å². The summed E-state index contributed by atoms with van der Waals surface area (Å²) in [5.41, 5.74) is 4.32. The second-order valence-corrected chi connectivity index (χ2v) is 12.5. The molecule has 0 aromatic heterocycles. The summed E-state index contributed by atoms with van der Waals surface area (Å²) < 4.78 is 0. The highest BCUT2D eigenvalue weighted by atomic mass is 14.6. The highest BCUT2D eigenvalue weighted by molar-refractivity contribution is 5.36. The van der Waals surface area contributed by atoms with E-state index in [1.54, 1.807) is 11.1 Å². The molecule has 0 heteroatoms. The Bertz CT molecular complexity index is 720. The number of hydrogen-bond donors (Lipinski definition) is 0. The molecule has 0 bridgehead atoms. The normalized spacial score (nSPS) is 42.9. The average Bonchev–Trinajstić information content (AvgIpc) is 3.06. The molecule has 0 spiro atoms. The van der Waals surface area contributed by atoms with Gasteiger partial charge in [-0.3, -0.25) is 0 Å². The Labute approximate surface area is 187 Å². The van der Waals surface area contributed by atoms with E-state index in [1.165, 1.54) is 51.4 Å². The molecule has 4 unspecified atom stereocenters. The lowest BCUT2D eigenvalue weighted by molar-refractivity contribution is -0.0413. The van der Waals surface area contributed by atoms with Crippen molar-refractivity contribution in [3.05, 3.63) is 35.5 Å². The first-order chi connectivity index (χ1) is 14.2. The zero-order valence-corrected chi connectivity index (χ0v) is 21.0. The summed E-state index contributed by atoms with van der Waals surface area (Å²) in [6, 6.07) is 0. The third kappa shape index (κ3) is 3.59. The minimum absolute atomic E-state index is 0.457. The van der Waals surface area contributed by atoms with Gasteiger partial charge in [0.05, 0.1) is 0 Å². The first-order valence-corrected chi connectivity index (χ1v) is 13.3. The lowest BCUT2D eigenvalue weighted by atomic mass is 9.47. The van der Waals surface area contributed by atoms with Crippen molar-refractivity contribution in [1.82, 2.24) is 0 Å². The molecule has 30 heavy (non-hydrogen) atoms. The summed E-state index contributed by atoms with van der Waals surface area (Å²) in [5.74, 6) is 5.94. The topological polar surface area (TPSA) is 0 Å². The Hall–Kier alpha value is -0.780. The molecular formula is C30H48. The SMILES string of the molecule is CC[C@H](/C=C/C(C)[C@H]1CCC2C3CC=C4C=C(C)CC[C@]4(C)C3CC[C@@]21C)C(C)C. The second-order valence-electron chi connectivity index (χ2n) is 12.5. The molecule has 168 valence electrons. The third-order valence-corrected chi connectivity index (χ3v) is 10.7. The maximum Gasteiger partial charge on any atom is -0.00443 e. The van der Waals surface area contributed by atoms with Crippen molar-refractivity contribution >= 4 is 0 Å². The van der Waals surface area contributed by atoms with Crippen LogP contribution in [0.25, 0.3) is 0 Å². The molecule has 0 heterocycles. The van der Waals surface area contributed by atoms with Crippen molar-refractivity contribution in [3.8, 4) is 0 Å². The van der Waals surface area contributed by atoms with Crippen LogP contribution in [0, 0.1) is 52.3 Å². The van der Waals surface area contributed by atoms with Crippen molar-refractivity contribution in [3.63, 3.8) is 0 Å². The van der Waals surface area contributed by atoms with E-state index < -0.39 is 0 Å². The second kappa shape index (κ2) is 8.29. The van der Waals surface area contributed by atoms with Gasteiger partial charge in [0.1, 0.15) is 0 Å². The molecule has 0 aromatic carbocycles. The Morgan fingerprint density at radius 2 is 1.80 bits per heavy atom. The monoisotopic (exact) mass is 408 g/mol. The average molecular weight is 409 g/mol. The molecule has 0 nitrogen and oxygen atoms in total. The van der Waals surface area contributed by atoms with E-state index in [0.717, 1.165) is 41.4 Å². The van der Waals surface area contributed by atoms with Crippen LogP contribution in [0.3, 0.4) is 0 Å². The molecule has 2 fully saturated rings. The van der Waals surface area contributed by atoms with Crippen molar-refractivity contribution in [1.29, 1.82) is 0 Å². The summed E-state index contributed by atoms with van der Waals surface area (Å²) in [7, 11) is 0. The molecule has 4 aliphatic carbocycles. The van der Waals surface area contributed by atoms with Crippen LogP contribution in [0.4, 0.5) is 0 Å². The third-order valence-electron chi connectivity index (χ3n) is 10.7. The lowest BCUT2D eigenvalue weighted by Gasteiger charge is -2.57. The van der Waals surface area contributed by atoms with Gasteiger partial charge in [-0.05, 0) is 116 Å². The summed E-state index contributed by atoms with van der Waals surface area (Å²) >= 11 is 0. The summed E-state index contributed by atoms with van der Waals surface area (Å²) in [6.07, 6.45) is 21.6. The highest BCUT2D eigenvalue weighted by Crippen LogP contribution is 2.67. The molecule has 4 aliphatic rings. The van der Waals surface area contributed by atoms with Gasteiger partial charge in [0.15, 0.2) is 0 Å². The van der Waals surface area contributed by atoms with E-state index in [-0.39, 0.29) is 0 Å². The van der Waals surface area contributed by atoms with Crippen molar-refractivity contribution in [2.45, 2.75) is 99.8 Å². The van der Waals surface area contributed by atoms with Gasteiger partial charge < -0.3 is 0 Å². The highest BCUT2D eigenvalue weighted by Gasteiger charge is 2.58. The number of hydrogen-bond acceptors (Lipinski definition) is 0. The predicted molar refractivity (Wildman–Crippen MR) is 131 cm³/mol. The fourth-order valence-corrected chi connectivity index (χ4v) is 8.65. The largest absolute Gasteiger partial charge is 0.0851 e. The van der Waals surface area contributed by atoms with Gasteiger partial charge in [0.2, 0.25) is 0 Å². The van der Waals surface area contributed by atoms with Gasteiger partial charge in [-0.15, -0.1) is 0 Å². The van der Waals surface area contributed by atoms with E-state index in [9.17, 15) is 0 Å². The summed E-state index contributed by atoms with van der Waals surface area (Å²) in [4.78, 5) is 0. The fourth-order valence-electron chi connectivity index (χ4n) is 8.65. The van der Waals surface area contributed by atoms with E-state index in [0.29, 0.717) is 10.8 Å². The molecular weight excluding hydrogens is 360 g/mol. The molecule has 0 saturated heterocycles. The van der Waals surface area contributed by atoms with Crippen molar-refractivity contribution in [2.24, 2.45) is 52.3 Å². The molecule has 0 aromatic rings. The van der Waals surface area contributed by atoms with Crippen LogP contribution < -0.4 is 0 Å². The van der Waals surface area contributed by atoms with Crippen LogP contribution in [0.2, 0.25) is 0 Å². The van der Waals surface area contributed by atoms with Gasteiger partial charge in [-0.25, -0.2) is 0 Å². The Morgan fingerprint density at radius 3 is 2.50 bits per heavy atom. The zero-order chi connectivity index (χ0) is 21.7. The zero-order valence-electron chi connectivity index (χ0n) is 21.0. The predicted octanol–water partition coefficient (Wildman–Crippen LogP) is 9.00. The first-order valence-electron chi connectivity index (χ1n) is 13.3. The maximum absolute atomic E-state index is 2.70. The van der Waals surface area contributed by atoms with Gasteiger partial charge in [-0.2, -0.15) is 0 Å². The van der Waals surface area contributed by atoms with Crippen molar-refractivity contribution in [2.75, 3.05) is 0 Å². The van der Waals surface area contributed by atoms with Crippen molar-refractivity contribution < 1.29 is 0 Å².